The fourth-order valence-electron chi connectivity index (χ4n) is 1.88. The van der Waals surface area contributed by atoms with Gasteiger partial charge in [0.2, 0.25) is 0 Å². The summed E-state index contributed by atoms with van der Waals surface area (Å²) in [5.41, 5.74) is 0.369. The number of carbonyl (C=O) groups excluding carboxylic acids is 3. The van der Waals surface area contributed by atoms with Crippen molar-refractivity contribution >= 4 is 17.9 Å². The van der Waals surface area contributed by atoms with Crippen molar-refractivity contribution in [3.8, 4) is 0 Å². The van der Waals surface area contributed by atoms with Crippen LogP contribution in [0.2, 0.25) is 0 Å². The minimum absolute atomic E-state index is 0.0300. The van der Waals surface area contributed by atoms with Gasteiger partial charge in [-0.3, -0.25) is 14.4 Å². The minimum Gasteiger partial charge on any atom is -0.466 e. The van der Waals surface area contributed by atoms with Crippen molar-refractivity contribution in [3.05, 3.63) is 35.9 Å². The van der Waals surface area contributed by atoms with Gasteiger partial charge in [-0.1, -0.05) is 30.3 Å². The van der Waals surface area contributed by atoms with Gasteiger partial charge in [-0.05, 0) is 32.8 Å². The van der Waals surface area contributed by atoms with E-state index in [9.17, 15) is 14.4 Å². The molecule has 0 atom stereocenters. The Labute approximate surface area is 148 Å². The maximum absolute atomic E-state index is 11.6. The first-order chi connectivity index (χ1) is 11.8. The topological polar surface area (TPSA) is 78.9 Å². The Kier molecular flexibility index (Phi) is 8.67. The zero-order valence-corrected chi connectivity index (χ0v) is 15.1. The molecule has 0 unspecified atom stereocenters. The molecule has 1 aromatic carbocycles. The lowest BCUT2D eigenvalue weighted by Gasteiger charge is -2.19. The van der Waals surface area contributed by atoms with E-state index < -0.39 is 17.5 Å². The SMILES string of the molecule is CC(C)(C)OC(=O)CCCOC(=O)CCC(=O)OCc1ccccc1. The van der Waals surface area contributed by atoms with E-state index in [2.05, 4.69) is 0 Å². The summed E-state index contributed by atoms with van der Waals surface area (Å²) in [4.78, 5) is 34.6. The summed E-state index contributed by atoms with van der Waals surface area (Å²) in [5.74, 6) is -1.26. The average molecular weight is 350 g/mol. The van der Waals surface area contributed by atoms with Crippen molar-refractivity contribution < 1.29 is 28.6 Å². The summed E-state index contributed by atoms with van der Waals surface area (Å²) in [6.07, 6.45) is 0.501. The van der Waals surface area contributed by atoms with Crippen LogP contribution in [0.15, 0.2) is 30.3 Å². The molecule has 6 nitrogen and oxygen atoms in total. The van der Waals surface area contributed by atoms with E-state index in [0.29, 0.717) is 6.42 Å². The highest BCUT2D eigenvalue weighted by molar-refractivity contribution is 5.77. The Balaban J connectivity index is 2.08. The minimum atomic E-state index is -0.520. The van der Waals surface area contributed by atoms with Crippen molar-refractivity contribution in [1.29, 1.82) is 0 Å². The third kappa shape index (κ3) is 10.9. The first-order valence-electron chi connectivity index (χ1n) is 8.33. The van der Waals surface area contributed by atoms with Crippen LogP contribution in [0.1, 0.15) is 52.0 Å². The van der Waals surface area contributed by atoms with Crippen molar-refractivity contribution in [3.63, 3.8) is 0 Å². The number of benzene rings is 1. The summed E-state index contributed by atoms with van der Waals surface area (Å²) in [5, 5.41) is 0. The van der Waals surface area contributed by atoms with E-state index in [1.54, 1.807) is 20.8 Å². The van der Waals surface area contributed by atoms with E-state index in [4.69, 9.17) is 14.2 Å². The number of ether oxygens (including phenoxy) is 3. The molecule has 0 heterocycles. The van der Waals surface area contributed by atoms with Crippen molar-refractivity contribution in [2.24, 2.45) is 0 Å². The van der Waals surface area contributed by atoms with Crippen LogP contribution < -0.4 is 0 Å². The van der Waals surface area contributed by atoms with E-state index >= 15 is 0 Å². The van der Waals surface area contributed by atoms with Crippen LogP contribution in [0.3, 0.4) is 0 Å². The van der Waals surface area contributed by atoms with Crippen molar-refractivity contribution in [2.75, 3.05) is 6.61 Å². The summed E-state index contributed by atoms with van der Waals surface area (Å²) in [7, 11) is 0. The number of rotatable bonds is 9. The van der Waals surface area contributed by atoms with E-state index in [-0.39, 0.29) is 38.4 Å². The van der Waals surface area contributed by atoms with E-state index in [0.717, 1.165) is 5.56 Å². The highest BCUT2D eigenvalue weighted by Gasteiger charge is 2.16. The van der Waals surface area contributed by atoms with Gasteiger partial charge in [0.1, 0.15) is 12.2 Å². The van der Waals surface area contributed by atoms with Crippen LogP contribution >= 0.6 is 0 Å². The van der Waals surface area contributed by atoms with Crippen LogP contribution in [0, 0.1) is 0 Å². The Morgan fingerprint density at radius 2 is 1.44 bits per heavy atom. The second-order valence-corrected chi connectivity index (χ2v) is 6.56. The van der Waals surface area contributed by atoms with Gasteiger partial charge in [0, 0.05) is 6.42 Å². The van der Waals surface area contributed by atoms with Crippen LogP contribution in [0.4, 0.5) is 0 Å². The smallest absolute Gasteiger partial charge is 0.306 e. The Morgan fingerprint density at radius 1 is 0.840 bits per heavy atom. The molecule has 0 aliphatic heterocycles. The molecule has 0 aliphatic rings. The monoisotopic (exact) mass is 350 g/mol. The molecule has 0 aliphatic carbocycles. The molecule has 0 fully saturated rings. The third-order valence-corrected chi connectivity index (χ3v) is 2.98. The third-order valence-electron chi connectivity index (χ3n) is 2.98. The van der Waals surface area contributed by atoms with Gasteiger partial charge in [0.05, 0.1) is 19.4 Å². The van der Waals surface area contributed by atoms with Crippen LogP contribution in [-0.4, -0.2) is 30.1 Å². The van der Waals surface area contributed by atoms with Gasteiger partial charge >= 0.3 is 17.9 Å². The van der Waals surface area contributed by atoms with Gasteiger partial charge < -0.3 is 14.2 Å². The quantitative estimate of drug-likeness (QED) is 0.387. The van der Waals surface area contributed by atoms with Crippen molar-refractivity contribution in [2.45, 2.75) is 58.7 Å². The molecule has 0 radical (unpaired) electrons. The van der Waals surface area contributed by atoms with Crippen molar-refractivity contribution in [1.82, 2.24) is 0 Å². The van der Waals surface area contributed by atoms with Crippen LogP contribution in [0.25, 0.3) is 0 Å². The van der Waals surface area contributed by atoms with Gasteiger partial charge in [0.15, 0.2) is 0 Å². The average Bonchev–Trinajstić information content (AvgIpc) is 2.54. The van der Waals surface area contributed by atoms with Gasteiger partial charge in [0.25, 0.3) is 0 Å². The molecule has 0 saturated heterocycles. The lowest BCUT2D eigenvalue weighted by molar-refractivity contribution is -0.156. The Hall–Kier alpha value is -2.37. The normalized spacial score (nSPS) is 10.8. The summed E-state index contributed by atoms with van der Waals surface area (Å²) in [6.45, 7) is 5.69. The number of esters is 3. The zero-order chi connectivity index (χ0) is 18.7. The second-order valence-electron chi connectivity index (χ2n) is 6.56. The lowest BCUT2D eigenvalue weighted by atomic mass is 10.2. The number of hydrogen-bond acceptors (Lipinski definition) is 6. The first kappa shape index (κ1) is 20.7. The lowest BCUT2D eigenvalue weighted by Crippen LogP contribution is -2.24. The molecular formula is C19H26O6. The van der Waals surface area contributed by atoms with E-state index in [1.165, 1.54) is 0 Å². The fourth-order valence-corrected chi connectivity index (χ4v) is 1.88. The van der Waals surface area contributed by atoms with Crippen LogP contribution in [0.5, 0.6) is 0 Å². The predicted octanol–water partition coefficient (Wildman–Crippen LogP) is 3.18. The maximum Gasteiger partial charge on any atom is 0.306 e. The molecule has 0 aromatic heterocycles. The molecule has 1 aromatic rings. The molecule has 0 spiro atoms. The zero-order valence-electron chi connectivity index (χ0n) is 15.1. The maximum atomic E-state index is 11.6. The van der Waals surface area contributed by atoms with Gasteiger partial charge in [-0.15, -0.1) is 0 Å². The molecular weight excluding hydrogens is 324 g/mol. The molecule has 0 N–H and O–H groups in total. The highest BCUT2D eigenvalue weighted by Crippen LogP contribution is 2.09. The summed E-state index contributed by atoms with van der Waals surface area (Å²) < 4.78 is 15.2. The Morgan fingerprint density at radius 3 is 2.04 bits per heavy atom. The molecule has 0 amide bonds. The molecule has 25 heavy (non-hydrogen) atoms. The van der Waals surface area contributed by atoms with Gasteiger partial charge in [-0.2, -0.15) is 0 Å². The first-order valence-corrected chi connectivity index (χ1v) is 8.33. The number of hydrogen-bond donors (Lipinski definition) is 0. The second kappa shape index (κ2) is 10.5. The summed E-state index contributed by atoms with van der Waals surface area (Å²) in [6, 6.07) is 9.30. The fraction of sp³-hybridized carbons (Fsp3) is 0.526. The largest absolute Gasteiger partial charge is 0.466 e. The summed E-state index contributed by atoms with van der Waals surface area (Å²) >= 11 is 0. The standard InChI is InChI=1S/C19H26O6/c1-19(2,3)25-18(22)10-7-13-23-16(20)11-12-17(21)24-14-15-8-5-4-6-9-15/h4-6,8-9H,7,10-14H2,1-3H3. The van der Waals surface area contributed by atoms with Crippen LogP contribution in [-0.2, 0) is 35.2 Å². The van der Waals surface area contributed by atoms with Gasteiger partial charge in [-0.25, -0.2) is 0 Å². The molecule has 138 valence electrons. The molecule has 0 bridgehead atoms. The number of carbonyl (C=O) groups is 3. The predicted molar refractivity (Wildman–Crippen MR) is 91.5 cm³/mol. The van der Waals surface area contributed by atoms with E-state index in [1.807, 2.05) is 30.3 Å². The highest BCUT2D eigenvalue weighted by atomic mass is 16.6. The Bertz CT molecular complexity index is 559. The molecule has 0 saturated carbocycles. The molecule has 1 rings (SSSR count). The molecule has 6 heteroatoms.